The Morgan fingerprint density at radius 3 is 2.64 bits per heavy atom. The first-order valence-corrected chi connectivity index (χ1v) is 6.25. The van der Waals surface area contributed by atoms with Crippen LogP contribution in [0.15, 0.2) is 23.3 Å². The molecular weight excluding hydrogens is 168 g/mol. The molecule has 0 saturated heterocycles. The van der Waals surface area contributed by atoms with Crippen molar-refractivity contribution in [3.05, 3.63) is 23.3 Å². The highest BCUT2D eigenvalue weighted by Gasteiger charge is 2.07. The van der Waals surface area contributed by atoms with Gasteiger partial charge in [-0.2, -0.15) is 0 Å². The predicted octanol–water partition coefficient (Wildman–Crippen LogP) is 5.01. The summed E-state index contributed by atoms with van der Waals surface area (Å²) in [4.78, 5) is 0. The minimum Gasteiger partial charge on any atom is -0.0813 e. The second kappa shape index (κ2) is 6.86. The number of rotatable bonds is 6. The third-order valence-electron chi connectivity index (χ3n) is 2.94. The number of hydrogen-bond acceptors (Lipinski definition) is 0. The SMILES string of the molecule is CCCC/C=C1\C=C(CCCC)CC1. The Morgan fingerprint density at radius 2 is 1.93 bits per heavy atom. The third-order valence-corrected chi connectivity index (χ3v) is 2.94. The summed E-state index contributed by atoms with van der Waals surface area (Å²) in [5.74, 6) is 0. The highest BCUT2D eigenvalue weighted by molar-refractivity contribution is 5.30. The highest BCUT2D eigenvalue weighted by atomic mass is 14.1. The van der Waals surface area contributed by atoms with Gasteiger partial charge in [-0.25, -0.2) is 0 Å². The molecule has 0 aromatic carbocycles. The highest BCUT2D eigenvalue weighted by Crippen LogP contribution is 2.27. The Morgan fingerprint density at radius 1 is 1.14 bits per heavy atom. The molecule has 0 aliphatic heterocycles. The van der Waals surface area contributed by atoms with Gasteiger partial charge in [-0.15, -0.1) is 0 Å². The van der Waals surface area contributed by atoms with Crippen LogP contribution in [0.3, 0.4) is 0 Å². The number of unbranched alkanes of at least 4 members (excludes halogenated alkanes) is 3. The van der Waals surface area contributed by atoms with Crippen LogP contribution in [-0.2, 0) is 0 Å². The minimum absolute atomic E-state index is 1.28. The van der Waals surface area contributed by atoms with Crippen LogP contribution in [0, 0.1) is 0 Å². The number of hydrogen-bond donors (Lipinski definition) is 0. The molecule has 0 nitrogen and oxygen atoms in total. The van der Waals surface area contributed by atoms with E-state index in [0.29, 0.717) is 0 Å². The first kappa shape index (κ1) is 11.6. The van der Waals surface area contributed by atoms with Crippen molar-refractivity contribution < 1.29 is 0 Å². The summed E-state index contributed by atoms with van der Waals surface area (Å²) in [6.45, 7) is 4.53. The molecule has 0 N–H and O–H groups in total. The summed E-state index contributed by atoms with van der Waals surface area (Å²) >= 11 is 0. The largest absolute Gasteiger partial charge is 0.0813 e. The van der Waals surface area contributed by atoms with Crippen LogP contribution < -0.4 is 0 Å². The first-order chi connectivity index (χ1) is 6.86. The van der Waals surface area contributed by atoms with Crippen LogP contribution in [0.5, 0.6) is 0 Å². The molecule has 0 radical (unpaired) electrons. The molecule has 0 heterocycles. The summed E-state index contributed by atoms with van der Waals surface area (Å²) in [6.07, 6.45) is 15.5. The maximum absolute atomic E-state index is 2.45. The fourth-order valence-corrected chi connectivity index (χ4v) is 1.96. The van der Waals surface area contributed by atoms with E-state index >= 15 is 0 Å². The Balaban J connectivity index is 2.29. The van der Waals surface area contributed by atoms with Crippen LogP contribution in [0.2, 0.25) is 0 Å². The van der Waals surface area contributed by atoms with Crippen molar-refractivity contribution in [3.63, 3.8) is 0 Å². The van der Waals surface area contributed by atoms with Crippen molar-refractivity contribution in [1.82, 2.24) is 0 Å². The van der Waals surface area contributed by atoms with Crippen molar-refractivity contribution >= 4 is 0 Å². The average Bonchev–Trinajstić information content (AvgIpc) is 2.63. The van der Waals surface area contributed by atoms with E-state index < -0.39 is 0 Å². The van der Waals surface area contributed by atoms with E-state index in [-0.39, 0.29) is 0 Å². The van der Waals surface area contributed by atoms with Gasteiger partial charge in [0.25, 0.3) is 0 Å². The summed E-state index contributed by atoms with van der Waals surface area (Å²) in [6, 6.07) is 0. The van der Waals surface area contributed by atoms with Gasteiger partial charge in [-0.05, 0) is 32.1 Å². The zero-order valence-electron chi connectivity index (χ0n) is 9.81. The van der Waals surface area contributed by atoms with Crippen LogP contribution in [0.25, 0.3) is 0 Å². The molecule has 1 aliphatic carbocycles. The third kappa shape index (κ3) is 4.13. The maximum atomic E-state index is 2.45. The van der Waals surface area contributed by atoms with E-state index in [0.717, 1.165) is 0 Å². The van der Waals surface area contributed by atoms with E-state index in [1.165, 1.54) is 51.4 Å². The lowest BCUT2D eigenvalue weighted by molar-refractivity contribution is 0.764. The van der Waals surface area contributed by atoms with Crippen molar-refractivity contribution in [3.8, 4) is 0 Å². The summed E-state index contributed by atoms with van der Waals surface area (Å²) < 4.78 is 0. The standard InChI is InChI=1S/C14H24/c1-3-5-7-9-14-11-10-13(12-14)8-6-4-2/h9,12H,3-8,10-11H2,1-2H3/b14-9-. The van der Waals surface area contributed by atoms with Crippen LogP contribution in [-0.4, -0.2) is 0 Å². The van der Waals surface area contributed by atoms with Crippen molar-refractivity contribution in [2.45, 2.75) is 65.2 Å². The molecule has 0 bridgehead atoms. The average molecular weight is 192 g/mol. The second-order valence-electron chi connectivity index (χ2n) is 4.33. The van der Waals surface area contributed by atoms with Gasteiger partial charge in [0.2, 0.25) is 0 Å². The van der Waals surface area contributed by atoms with E-state index in [1.54, 1.807) is 11.1 Å². The lowest BCUT2D eigenvalue weighted by Gasteiger charge is -1.96. The van der Waals surface area contributed by atoms with E-state index in [4.69, 9.17) is 0 Å². The summed E-state index contributed by atoms with van der Waals surface area (Å²) in [5, 5.41) is 0. The molecule has 14 heavy (non-hydrogen) atoms. The Hall–Kier alpha value is -0.520. The van der Waals surface area contributed by atoms with Gasteiger partial charge in [0.15, 0.2) is 0 Å². The fraction of sp³-hybridized carbons (Fsp3) is 0.714. The van der Waals surface area contributed by atoms with Gasteiger partial charge < -0.3 is 0 Å². The van der Waals surface area contributed by atoms with Crippen LogP contribution in [0.1, 0.15) is 65.2 Å². The fourth-order valence-electron chi connectivity index (χ4n) is 1.96. The number of allylic oxidation sites excluding steroid dienone is 4. The Kier molecular flexibility index (Phi) is 5.66. The van der Waals surface area contributed by atoms with Crippen molar-refractivity contribution in [2.75, 3.05) is 0 Å². The van der Waals surface area contributed by atoms with Gasteiger partial charge in [0, 0.05) is 0 Å². The summed E-state index contributed by atoms with van der Waals surface area (Å²) in [5.41, 5.74) is 3.29. The lowest BCUT2D eigenvalue weighted by atomic mass is 10.1. The molecular formula is C14H24. The molecule has 0 atom stereocenters. The van der Waals surface area contributed by atoms with Gasteiger partial charge in [0.05, 0.1) is 0 Å². The quantitative estimate of drug-likeness (QED) is 0.519. The zero-order valence-corrected chi connectivity index (χ0v) is 9.81. The predicted molar refractivity (Wildman–Crippen MR) is 64.5 cm³/mol. The first-order valence-electron chi connectivity index (χ1n) is 6.25. The molecule has 80 valence electrons. The summed E-state index contributed by atoms with van der Waals surface area (Å²) in [7, 11) is 0. The topological polar surface area (TPSA) is 0 Å². The minimum atomic E-state index is 1.28. The molecule has 0 saturated carbocycles. The maximum Gasteiger partial charge on any atom is -0.0245 e. The molecule has 0 heteroatoms. The molecule has 0 unspecified atom stereocenters. The zero-order chi connectivity index (χ0) is 10.2. The van der Waals surface area contributed by atoms with Crippen molar-refractivity contribution in [1.29, 1.82) is 0 Å². The van der Waals surface area contributed by atoms with Gasteiger partial charge in [-0.1, -0.05) is 56.4 Å². The van der Waals surface area contributed by atoms with Gasteiger partial charge in [-0.3, -0.25) is 0 Å². The van der Waals surface area contributed by atoms with E-state index in [2.05, 4.69) is 26.0 Å². The van der Waals surface area contributed by atoms with Crippen LogP contribution >= 0.6 is 0 Å². The molecule has 1 rings (SSSR count). The second-order valence-corrected chi connectivity index (χ2v) is 4.33. The van der Waals surface area contributed by atoms with Crippen LogP contribution in [0.4, 0.5) is 0 Å². The van der Waals surface area contributed by atoms with Crippen molar-refractivity contribution in [2.24, 2.45) is 0 Å². The molecule has 0 aromatic rings. The molecule has 0 fully saturated rings. The monoisotopic (exact) mass is 192 g/mol. The molecule has 0 amide bonds. The lowest BCUT2D eigenvalue weighted by Crippen LogP contribution is -1.76. The van der Waals surface area contributed by atoms with E-state index in [1.807, 2.05) is 0 Å². The van der Waals surface area contributed by atoms with E-state index in [9.17, 15) is 0 Å². The Bertz CT molecular complexity index is 208. The molecule has 0 aromatic heterocycles. The molecule has 1 aliphatic rings. The van der Waals surface area contributed by atoms with Gasteiger partial charge >= 0.3 is 0 Å². The Labute approximate surface area is 89.1 Å². The smallest absolute Gasteiger partial charge is 0.0245 e. The van der Waals surface area contributed by atoms with Gasteiger partial charge in [0.1, 0.15) is 0 Å². The normalized spacial score (nSPS) is 19.0. The molecule has 0 spiro atoms.